The van der Waals surface area contributed by atoms with E-state index in [1.165, 1.54) is 10.2 Å². The molecule has 0 bridgehead atoms. The number of imide groups is 1. The minimum absolute atomic E-state index is 0.0893. The maximum absolute atomic E-state index is 13.6. The number of aryl methyl sites for hydroxylation is 1. The number of piperidine rings is 4. The van der Waals surface area contributed by atoms with Gasteiger partial charge in [0.2, 0.25) is 11.8 Å². The Labute approximate surface area is 297 Å². The molecule has 4 aliphatic heterocycles. The summed E-state index contributed by atoms with van der Waals surface area (Å²) in [5.41, 5.74) is 3.28. The lowest BCUT2D eigenvalue weighted by Crippen LogP contribution is -2.48. The van der Waals surface area contributed by atoms with Crippen molar-refractivity contribution in [2.45, 2.75) is 62.8 Å². The zero-order valence-corrected chi connectivity index (χ0v) is 29.5. The van der Waals surface area contributed by atoms with Crippen LogP contribution in [0.25, 0.3) is 0 Å². The largest absolute Gasteiger partial charge is 0.378 e. The van der Waals surface area contributed by atoms with E-state index < -0.39 is 0 Å². The third-order valence-corrected chi connectivity index (χ3v) is 11.7. The molecule has 0 saturated carbocycles. The molecular weight excluding hydrogens is 656 g/mol. The summed E-state index contributed by atoms with van der Waals surface area (Å²) in [7, 11) is 3.67. The van der Waals surface area contributed by atoms with E-state index in [0.717, 1.165) is 88.3 Å². The summed E-state index contributed by atoms with van der Waals surface area (Å²) >= 11 is 6.32. The first-order valence-corrected chi connectivity index (χ1v) is 18.1. The molecule has 50 heavy (non-hydrogen) atoms. The monoisotopic (exact) mass is 700 g/mol. The van der Waals surface area contributed by atoms with Crippen LogP contribution in [0.15, 0.2) is 53.6 Å². The van der Waals surface area contributed by atoms with E-state index in [1.54, 1.807) is 19.4 Å². The number of amides is 3. The molecule has 4 saturated heterocycles. The van der Waals surface area contributed by atoms with Crippen LogP contribution in [0.4, 0.5) is 11.5 Å². The number of nitrogens with zero attached hydrogens (tertiary/aromatic N) is 6. The molecule has 4 fully saturated rings. The van der Waals surface area contributed by atoms with E-state index in [4.69, 9.17) is 11.6 Å². The van der Waals surface area contributed by atoms with Gasteiger partial charge < -0.3 is 20.0 Å². The number of benzene rings is 1. The molecule has 0 radical (unpaired) electrons. The lowest BCUT2D eigenvalue weighted by Gasteiger charge is -2.47. The van der Waals surface area contributed by atoms with Gasteiger partial charge in [-0.15, -0.1) is 0 Å². The molecule has 1 aromatic carbocycles. The molecule has 7 rings (SSSR count). The van der Waals surface area contributed by atoms with Crippen LogP contribution < -0.4 is 21.1 Å². The van der Waals surface area contributed by atoms with Crippen molar-refractivity contribution in [1.82, 2.24) is 29.9 Å². The van der Waals surface area contributed by atoms with Crippen LogP contribution in [-0.4, -0.2) is 94.6 Å². The topological polar surface area (TPSA) is 133 Å². The lowest BCUT2D eigenvalue weighted by molar-refractivity contribution is -0.134. The molecule has 12 nitrogen and oxygen atoms in total. The summed E-state index contributed by atoms with van der Waals surface area (Å²) in [5, 5.41) is 10.2. The molecule has 6 heterocycles. The number of hydrogen-bond donors (Lipinski definition) is 2. The van der Waals surface area contributed by atoms with Crippen LogP contribution in [0.2, 0.25) is 5.02 Å². The van der Waals surface area contributed by atoms with Crippen molar-refractivity contribution >= 4 is 40.8 Å². The number of nitrogens with one attached hydrogen (secondary N) is 2. The van der Waals surface area contributed by atoms with Crippen LogP contribution in [-0.2, 0) is 16.6 Å². The fourth-order valence-electron chi connectivity index (χ4n) is 8.31. The summed E-state index contributed by atoms with van der Waals surface area (Å²) in [6.07, 6.45) is 9.20. The first-order chi connectivity index (χ1) is 24.1. The van der Waals surface area contributed by atoms with Crippen LogP contribution in [0.5, 0.6) is 0 Å². The van der Waals surface area contributed by atoms with Gasteiger partial charge in [-0.05, 0) is 92.3 Å². The molecular formula is C37H45ClN8O4. The number of aromatic nitrogens is 3. The summed E-state index contributed by atoms with van der Waals surface area (Å²) in [6, 6.07) is 12.1. The van der Waals surface area contributed by atoms with Crippen LogP contribution in [0.3, 0.4) is 0 Å². The Hall–Kier alpha value is -4.29. The minimum atomic E-state index is -0.323. The zero-order valence-electron chi connectivity index (χ0n) is 28.7. The number of likely N-dealkylation sites (N-methyl/N-ethyl adjacent to an activating group) is 1. The molecule has 3 atom stereocenters. The molecule has 2 N–H and O–H groups in total. The van der Waals surface area contributed by atoms with Crippen molar-refractivity contribution in [2.24, 2.45) is 12.5 Å². The van der Waals surface area contributed by atoms with Crippen molar-refractivity contribution in [3.63, 3.8) is 0 Å². The number of anilines is 2. The Morgan fingerprint density at radius 1 is 0.960 bits per heavy atom. The fraction of sp³-hybridized carbons (Fsp3) is 0.514. The second-order valence-corrected chi connectivity index (χ2v) is 15.0. The predicted octanol–water partition coefficient (Wildman–Crippen LogP) is 3.77. The van der Waals surface area contributed by atoms with Gasteiger partial charge in [0.05, 0.1) is 17.8 Å². The Balaban J connectivity index is 0.916. The maximum Gasteiger partial charge on any atom is 0.287 e. The Morgan fingerprint density at radius 3 is 2.40 bits per heavy atom. The molecule has 4 aliphatic rings. The van der Waals surface area contributed by atoms with Gasteiger partial charge in [0.15, 0.2) is 0 Å². The molecule has 264 valence electrons. The summed E-state index contributed by atoms with van der Waals surface area (Å²) in [4.78, 5) is 61.1. The van der Waals surface area contributed by atoms with E-state index in [2.05, 4.69) is 49.7 Å². The maximum atomic E-state index is 13.6. The van der Waals surface area contributed by atoms with Crippen LogP contribution in [0.1, 0.15) is 78.3 Å². The first kappa shape index (κ1) is 34.2. The van der Waals surface area contributed by atoms with E-state index in [9.17, 15) is 19.2 Å². The highest BCUT2D eigenvalue weighted by atomic mass is 35.5. The van der Waals surface area contributed by atoms with Gasteiger partial charge in [0.1, 0.15) is 10.8 Å². The third-order valence-electron chi connectivity index (χ3n) is 11.4. The van der Waals surface area contributed by atoms with Crippen molar-refractivity contribution in [3.05, 3.63) is 80.9 Å². The molecule has 3 aromatic rings. The molecule has 1 unspecified atom stereocenters. The van der Waals surface area contributed by atoms with E-state index in [0.29, 0.717) is 18.5 Å². The quantitative estimate of drug-likeness (QED) is 0.369. The molecule has 2 aromatic heterocycles. The highest BCUT2D eigenvalue weighted by Gasteiger charge is 2.39. The van der Waals surface area contributed by atoms with Crippen LogP contribution in [0, 0.1) is 5.41 Å². The molecule has 0 aliphatic carbocycles. The van der Waals surface area contributed by atoms with Crippen molar-refractivity contribution in [1.29, 1.82) is 0 Å². The molecule has 13 heteroatoms. The van der Waals surface area contributed by atoms with Crippen molar-refractivity contribution in [3.8, 4) is 0 Å². The van der Waals surface area contributed by atoms with Gasteiger partial charge in [-0.3, -0.25) is 24.5 Å². The number of carbonyl (C=O) groups excluding carboxylic acids is 3. The lowest BCUT2D eigenvalue weighted by atomic mass is 9.71. The molecule has 1 spiro atoms. The number of rotatable bonds is 6. The molecule has 3 amide bonds. The fourth-order valence-corrected chi connectivity index (χ4v) is 8.53. The highest BCUT2D eigenvalue weighted by molar-refractivity contribution is 6.32. The van der Waals surface area contributed by atoms with Crippen LogP contribution >= 0.6 is 11.6 Å². The number of carbonyl (C=O) groups is 3. The summed E-state index contributed by atoms with van der Waals surface area (Å²) in [5.74, 6) is 0.494. The summed E-state index contributed by atoms with van der Waals surface area (Å²) < 4.78 is 1.23. The van der Waals surface area contributed by atoms with E-state index >= 15 is 0 Å². The van der Waals surface area contributed by atoms with E-state index in [-0.39, 0.29) is 51.6 Å². The zero-order chi connectivity index (χ0) is 35.0. The number of hydrogen-bond acceptors (Lipinski definition) is 9. The van der Waals surface area contributed by atoms with Crippen molar-refractivity contribution < 1.29 is 14.4 Å². The van der Waals surface area contributed by atoms with Gasteiger partial charge in [-0.2, -0.15) is 5.10 Å². The number of halogens is 1. The van der Waals surface area contributed by atoms with Gasteiger partial charge in [-0.25, -0.2) is 9.67 Å². The van der Waals surface area contributed by atoms with Crippen molar-refractivity contribution in [2.75, 3.05) is 56.5 Å². The normalized spacial score (nSPS) is 24.3. The van der Waals surface area contributed by atoms with Gasteiger partial charge in [0.25, 0.3) is 11.5 Å². The smallest absolute Gasteiger partial charge is 0.287 e. The Kier molecular flexibility index (Phi) is 9.67. The second-order valence-electron chi connectivity index (χ2n) is 14.6. The first-order valence-electron chi connectivity index (χ1n) is 17.7. The SMILES string of the molecule is CN1C[C@@H](Nc2cnn(C)c(=O)c2Cl)C[C@@H](c2ccc(C(=O)N3CCC4(CC3)CCN(c3cc(C5CCC(=O)NC5=O)ccn3)CC4)cc2)C1. The Bertz CT molecular complexity index is 1810. The number of pyridine rings is 1. The average molecular weight is 701 g/mol. The van der Waals surface area contributed by atoms with Gasteiger partial charge >= 0.3 is 0 Å². The average Bonchev–Trinajstić information content (AvgIpc) is 3.12. The highest BCUT2D eigenvalue weighted by Crippen LogP contribution is 2.42. The third kappa shape index (κ3) is 7.14. The van der Waals surface area contributed by atoms with E-state index in [1.807, 2.05) is 29.2 Å². The minimum Gasteiger partial charge on any atom is -0.378 e. The second kappa shape index (κ2) is 14.1. The number of likely N-dealkylation sites (tertiary alicyclic amines) is 2. The Morgan fingerprint density at radius 2 is 1.68 bits per heavy atom. The standard InChI is InChI=1S/C37H45ClN8O4/c1-43-22-27(19-28(23-43)41-30-21-40-44(2)36(50)33(30)38)24-3-5-25(6-4-24)35(49)46-17-12-37(13-18-46)10-15-45(16-11-37)31-20-26(9-14-39-31)29-7-8-32(47)42-34(29)48/h3-6,9,14,20-21,27-29,41H,7-8,10-13,15-19,22-23H2,1-2H3,(H,42,47,48)/t27-,28+,29?/m1/s1. The predicted molar refractivity (Wildman–Crippen MR) is 192 cm³/mol. The van der Waals surface area contributed by atoms with Gasteiger partial charge in [-0.1, -0.05) is 23.7 Å². The summed E-state index contributed by atoms with van der Waals surface area (Å²) in [6.45, 7) is 5.02. The van der Waals surface area contributed by atoms with Gasteiger partial charge in [0, 0.05) is 70.5 Å².